The minimum absolute atomic E-state index is 0.180. The van der Waals surface area contributed by atoms with Crippen LogP contribution >= 0.6 is 11.3 Å². The van der Waals surface area contributed by atoms with E-state index in [9.17, 15) is 4.79 Å². The maximum atomic E-state index is 12.0. The van der Waals surface area contributed by atoms with Gasteiger partial charge < -0.3 is 10.1 Å². The molecule has 0 saturated heterocycles. The Bertz CT molecular complexity index is 968. The smallest absolute Gasteiger partial charge is 0.248 e. The van der Waals surface area contributed by atoms with Crippen molar-refractivity contribution in [3.63, 3.8) is 0 Å². The van der Waals surface area contributed by atoms with Gasteiger partial charge in [0.05, 0.1) is 11.6 Å². The van der Waals surface area contributed by atoms with Crippen LogP contribution in [0.1, 0.15) is 16.7 Å². The number of nitrogens with one attached hydrogen (secondary N) is 1. The van der Waals surface area contributed by atoms with E-state index in [1.807, 2.05) is 35.9 Å². The van der Waals surface area contributed by atoms with Crippen molar-refractivity contribution < 1.29 is 9.53 Å². The Hall–Kier alpha value is -3.36. The highest BCUT2D eigenvalue weighted by molar-refractivity contribution is 7.08. The van der Waals surface area contributed by atoms with E-state index in [2.05, 4.69) is 11.4 Å². The number of hydrogen-bond donors (Lipinski definition) is 1. The Labute approximate surface area is 156 Å². The Morgan fingerprint density at radius 3 is 2.58 bits per heavy atom. The Morgan fingerprint density at radius 1 is 1.15 bits per heavy atom. The second kappa shape index (κ2) is 8.15. The molecule has 0 radical (unpaired) electrons. The second-order valence-corrected chi connectivity index (χ2v) is 6.37. The van der Waals surface area contributed by atoms with E-state index < -0.39 is 0 Å². The molecule has 1 aromatic heterocycles. The topological polar surface area (TPSA) is 62.1 Å². The summed E-state index contributed by atoms with van der Waals surface area (Å²) >= 11 is 1.59. The molecule has 3 aromatic rings. The highest BCUT2D eigenvalue weighted by atomic mass is 32.1. The number of carbonyl (C=O) groups excluding carboxylic acids is 1. The first kappa shape index (κ1) is 17.5. The van der Waals surface area contributed by atoms with Gasteiger partial charge in [-0.05, 0) is 83.4 Å². The monoisotopic (exact) mass is 360 g/mol. The normalized spacial score (nSPS) is 10.5. The van der Waals surface area contributed by atoms with Crippen molar-refractivity contribution in [3.8, 4) is 17.6 Å². The molecule has 0 bridgehead atoms. The molecule has 26 heavy (non-hydrogen) atoms. The van der Waals surface area contributed by atoms with Gasteiger partial charge in [-0.2, -0.15) is 16.6 Å². The molecule has 128 valence electrons. The molecule has 0 saturated carbocycles. The number of nitrogens with zero attached hydrogens (tertiary/aromatic N) is 1. The minimum atomic E-state index is -0.180. The number of carbonyl (C=O) groups is 1. The average molecular weight is 360 g/mol. The Morgan fingerprint density at radius 2 is 1.92 bits per heavy atom. The first-order chi connectivity index (χ1) is 12.6. The third kappa shape index (κ3) is 4.59. The molecule has 1 N–H and O–H groups in total. The van der Waals surface area contributed by atoms with Gasteiger partial charge in [-0.25, -0.2) is 0 Å². The lowest BCUT2D eigenvalue weighted by atomic mass is 10.2. The van der Waals surface area contributed by atoms with Crippen LogP contribution in [-0.4, -0.2) is 5.91 Å². The Kier molecular flexibility index (Phi) is 5.47. The zero-order valence-corrected chi connectivity index (χ0v) is 14.9. The number of thiophene rings is 1. The standard InChI is InChI=1S/C21H16N2O2S/c1-15-12-19(25-18-5-2-16(13-22)3-6-18)7-8-20(15)23-21(24)9-4-17-10-11-26-14-17/h2-12,14H,1H3,(H,23,24)/b9-4+. The summed E-state index contributed by atoms with van der Waals surface area (Å²) in [5, 5.41) is 15.6. The average Bonchev–Trinajstić information content (AvgIpc) is 3.16. The molecule has 4 nitrogen and oxygen atoms in total. The number of anilines is 1. The maximum absolute atomic E-state index is 12.0. The van der Waals surface area contributed by atoms with Crippen LogP contribution in [0.2, 0.25) is 0 Å². The van der Waals surface area contributed by atoms with Gasteiger partial charge in [-0.15, -0.1) is 0 Å². The van der Waals surface area contributed by atoms with Crippen molar-refractivity contribution in [2.45, 2.75) is 6.92 Å². The van der Waals surface area contributed by atoms with E-state index in [1.165, 1.54) is 6.08 Å². The zero-order chi connectivity index (χ0) is 18.4. The van der Waals surface area contributed by atoms with E-state index in [1.54, 1.807) is 47.7 Å². The van der Waals surface area contributed by atoms with Crippen molar-refractivity contribution in [1.82, 2.24) is 0 Å². The van der Waals surface area contributed by atoms with E-state index in [0.717, 1.165) is 16.8 Å². The molecule has 0 spiro atoms. The molecule has 3 rings (SSSR count). The maximum Gasteiger partial charge on any atom is 0.248 e. The molecule has 0 aliphatic carbocycles. The third-order valence-corrected chi connectivity index (χ3v) is 4.35. The second-order valence-electron chi connectivity index (χ2n) is 5.59. The largest absolute Gasteiger partial charge is 0.457 e. The van der Waals surface area contributed by atoms with Crippen LogP contribution in [0.3, 0.4) is 0 Å². The number of benzene rings is 2. The molecule has 0 fully saturated rings. The van der Waals surface area contributed by atoms with Crippen LogP contribution in [0, 0.1) is 18.3 Å². The fraction of sp³-hybridized carbons (Fsp3) is 0.0476. The number of amides is 1. The lowest BCUT2D eigenvalue weighted by Gasteiger charge is -2.10. The van der Waals surface area contributed by atoms with E-state index in [0.29, 0.717) is 17.1 Å². The van der Waals surface area contributed by atoms with Crippen molar-refractivity contribution in [2.24, 2.45) is 0 Å². The number of nitriles is 1. The molecule has 1 amide bonds. The molecule has 5 heteroatoms. The number of ether oxygens (including phenoxy) is 1. The van der Waals surface area contributed by atoms with Gasteiger partial charge in [0, 0.05) is 11.8 Å². The van der Waals surface area contributed by atoms with Gasteiger partial charge >= 0.3 is 0 Å². The first-order valence-corrected chi connectivity index (χ1v) is 8.88. The van der Waals surface area contributed by atoms with Crippen LogP contribution in [0.4, 0.5) is 5.69 Å². The fourth-order valence-corrected chi connectivity index (χ4v) is 2.92. The van der Waals surface area contributed by atoms with Gasteiger partial charge in [0.1, 0.15) is 11.5 Å². The molecular weight excluding hydrogens is 344 g/mol. The van der Waals surface area contributed by atoms with Crippen LogP contribution in [0.5, 0.6) is 11.5 Å². The van der Waals surface area contributed by atoms with Gasteiger partial charge in [-0.1, -0.05) is 0 Å². The molecule has 2 aromatic carbocycles. The summed E-state index contributed by atoms with van der Waals surface area (Å²) in [6.45, 7) is 1.91. The highest BCUT2D eigenvalue weighted by Crippen LogP contribution is 2.26. The highest BCUT2D eigenvalue weighted by Gasteiger charge is 2.05. The summed E-state index contributed by atoms with van der Waals surface area (Å²) in [4.78, 5) is 12.0. The van der Waals surface area contributed by atoms with Crippen LogP contribution < -0.4 is 10.1 Å². The number of rotatable bonds is 5. The lowest BCUT2D eigenvalue weighted by Crippen LogP contribution is -2.08. The summed E-state index contributed by atoms with van der Waals surface area (Å²) < 4.78 is 5.78. The fourth-order valence-electron chi connectivity index (χ4n) is 2.29. The van der Waals surface area contributed by atoms with Gasteiger partial charge in [-0.3, -0.25) is 4.79 Å². The molecular formula is C21H16N2O2S. The SMILES string of the molecule is Cc1cc(Oc2ccc(C#N)cc2)ccc1NC(=O)/C=C/c1ccsc1. The predicted molar refractivity (Wildman–Crippen MR) is 104 cm³/mol. The predicted octanol–water partition coefficient (Wildman–Crippen LogP) is 5.37. The molecule has 1 heterocycles. The summed E-state index contributed by atoms with van der Waals surface area (Å²) in [5.41, 5.74) is 3.22. The number of aryl methyl sites for hydroxylation is 1. The summed E-state index contributed by atoms with van der Waals surface area (Å²) in [6, 6.07) is 16.4. The number of hydrogen-bond acceptors (Lipinski definition) is 4. The molecule has 0 aliphatic heterocycles. The van der Waals surface area contributed by atoms with Crippen LogP contribution in [0.15, 0.2) is 65.4 Å². The summed E-state index contributed by atoms with van der Waals surface area (Å²) in [5.74, 6) is 1.14. The molecule has 0 atom stereocenters. The third-order valence-electron chi connectivity index (χ3n) is 3.65. The summed E-state index contributed by atoms with van der Waals surface area (Å²) in [6.07, 6.45) is 3.30. The van der Waals surface area contributed by atoms with Crippen LogP contribution in [0.25, 0.3) is 6.08 Å². The van der Waals surface area contributed by atoms with Crippen molar-refractivity contribution >= 4 is 29.0 Å². The van der Waals surface area contributed by atoms with Gasteiger partial charge in [0.15, 0.2) is 0 Å². The first-order valence-electron chi connectivity index (χ1n) is 7.94. The van der Waals surface area contributed by atoms with E-state index >= 15 is 0 Å². The Balaban J connectivity index is 1.65. The van der Waals surface area contributed by atoms with E-state index in [4.69, 9.17) is 10.00 Å². The van der Waals surface area contributed by atoms with Crippen LogP contribution in [-0.2, 0) is 4.79 Å². The minimum Gasteiger partial charge on any atom is -0.457 e. The van der Waals surface area contributed by atoms with Crippen molar-refractivity contribution in [1.29, 1.82) is 5.26 Å². The van der Waals surface area contributed by atoms with Gasteiger partial charge in [0.25, 0.3) is 0 Å². The molecule has 0 unspecified atom stereocenters. The van der Waals surface area contributed by atoms with E-state index in [-0.39, 0.29) is 5.91 Å². The zero-order valence-electron chi connectivity index (χ0n) is 14.1. The van der Waals surface area contributed by atoms with Crippen molar-refractivity contribution in [3.05, 3.63) is 82.1 Å². The quantitative estimate of drug-likeness (QED) is 0.622. The summed E-state index contributed by atoms with van der Waals surface area (Å²) in [7, 11) is 0. The lowest BCUT2D eigenvalue weighted by molar-refractivity contribution is -0.111. The molecule has 0 aliphatic rings. The van der Waals surface area contributed by atoms with Crippen molar-refractivity contribution in [2.75, 3.05) is 5.32 Å². The van der Waals surface area contributed by atoms with Gasteiger partial charge in [0.2, 0.25) is 5.91 Å².